The van der Waals surface area contributed by atoms with Crippen LogP contribution in [0.5, 0.6) is 11.5 Å². The molecule has 0 amide bonds. The average Bonchev–Trinajstić information content (AvgIpc) is 3.24. The molecule has 8 atom stereocenters. The lowest BCUT2D eigenvalue weighted by Gasteiger charge is -2.53. The van der Waals surface area contributed by atoms with Crippen LogP contribution in [-0.2, 0) is 9.59 Å². The predicted octanol–water partition coefficient (Wildman–Crippen LogP) is 1.70. The van der Waals surface area contributed by atoms with Gasteiger partial charge in [-0.15, -0.1) is 0 Å². The number of aliphatic hydroxyl groups is 4. The standard InChI is InChI=1S/C30H22O10/c1-7-5-10-12(11(31)6-7)21(33)16-25(37)18-24(36)15-14-23(35)19(30(15,16)28(10)40)26(38)17-22(34)13-9(27(39)29(14,17)18)4-3-8(2)20(13)32/h3-6,14-15,18-19,23-24,31-36H,1-2H3/t14-,15-,18+,19+,23-,24-,29+,30+/m0/s1. The van der Waals surface area contributed by atoms with Gasteiger partial charge in [-0.1, -0.05) is 12.1 Å². The maximum absolute atomic E-state index is 14.5. The summed E-state index contributed by atoms with van der Waals surface area (Å²) in [6.45, 7) is 3.13. The fourth-order valence-electron chi connectivity index (χ4n) is 9.44. The van der Waals surface area contributed by atoms with Crippen LogP contribution in [-0.4, -0.2) is 66.0 Å². The Morgan fingerprint density at radius 1 is 0.675 bits per heavy atom. The molecule has 10 heteroatoms. The highest BCUT2D eigenvalue weighted by molar-refractivity contribution is 6.30. The lowest BCUT2D eigenvalue weighted by atomic mass is 9.46. The second-order valence-electron chi connectivity index (χ2n) is 11.9. The number of phenols is 2. The number of rotatable bonds is 0. The Kier molecular flexibility index (Phi) is 3.86. The molecule has 2 aromatic rings. The van der Waals surface area contributed by atoms with E-state index < -0.39 is 104 Å². The number of aromatic hydroxyl groups is 2. The van der Waals surface area contributed by atoms with Crippen LogP contribution in [0, 0.1) is 48.3 Å². The number of Topliss-reactive ketones (excluding diaryl/α,β-unsaturated/α-hetero) is 4. The summed E-state index contributed by atoms with van der Waals surface area (Å²) in [4.78, 5) is 57.8. The van der Waals surface area contributed by atoms with Crippen molar-refractivity contribution in [2.24, 2.45) is 34.5 Å². The molecule has 0 radical (unpaired) electrons. The number of aliphatic hydroxyl groups excluding tert-OH is 4. The Labute approximate surface area is 225 Å². The van der Waals surface area contributed by atoms with Crippen molar-refractivity contribution in [1.29, 1.82) is 0 Å². The van der Waals surface area contributed by atoms with Gasteiger partial charge >= 0.3 is 0 Å². The number of hydrogen-bond donors (Lipinski definition) is 6. The van der Waals surface area contributed by atoms with Crippen LogP contribution in [0.15, 0.2) is 35.4 Å². The molecule has 10 nitrogen and oxygen atoms in total. The molecule has 40 heavy (non-hydrogen) atoms. The SMILES string of the molecule is Cc1cc(O)c2c(c1)C(=O)[C@@]13C(=C2O)C(=O)[C@H]2[C@@H](O)[C@@H]1[C@H]1[C@H](O)[C@@H]3C(=O)C3=C(O)c4c(ccc(C)c4O)C(=O)[C@@]312. The normalized spacial score (nSPS) is 38.1. The zero-order valence-electron chi connectivity index (χ0n) is 21.1. The highest BCUT2D eigenvalue weighted by Crippen LogP contribution is 2.80. The maximum atomic E-state index is 14.5. The van der Waals surface area contributed by atoms with Crippen molar-refractivity contribution in [1.82, 2.24) is 0 Å². The van der Waals surface area contributed by atoms with Crippen LogP contribution >= 0.6 is 0 Å². The lowest BCUT2D eigenvalue weighted by Crippen LogP contribution is -2.65. The number of aryl methyl sites for hydroxylation is 2. The molecule has 0 unspecified atom stereocenters. The quantitative estimate of drug-likeness (QED) is 0.286. The molecular formula is C30H22O10. The summed E-state index contributed by atoms with van der Waals surface area (Å²) >= 11 is 0. The Bertz CT molecular complexity index is 1810. The summed E-state index contributed by atoms with van der Waals surface area (Å²) in [7, 11) is 0. The van der Waals surface area contributed by atoms with E-state index in [0.717, 1.165) is 0 Å². The summed E-state index contributed by atoms with van der Waals surface area (Å²) in [5, 5.41) is 68.0. The van der Waals surface area contributed by atoms with Gasteiger partial charge in [-0.2, -0.15) is 0 Å². The smallest absolute Gasteiger partial charge is 0.175 e. The fraction of sp³-hybridized carbons (Fsp3) is 0.333. The van der Waals surface area contributed by atoms with E-state index in [1.165, 1.54) is 31.2 Å². The summed E-state index contributed by atoms with van der Waals surface area (Å²) in [5.41, 5.74) is -5.71. The third kappa shape index (κ3) is 1.93. The van der Waals surface area contributed by atoms with Crippen molar-refractivity contribution >= 4 is 34.7 Å². The van der Waals surface area contributed by atoms with E-state index in [1.807, 2.05) is 0 Å². The molecule has 202 valence electrons. The Morgan fingerprint density at radius 2 is 1.18 bits per heavy atom. The Morgan fingerprint density at radius 3 is 1.73 bits per heavy atom. The minimum absolute atomic E-state index is 0.185. The molecule has 4 fully saturated rings. The molecule has 0 saturated heterocycles. The van der Waals surface area contributed by atoms with E-state index >= 15 is 0 Å². The number of hydrogen-bond acceptors (Lipinski definition) is 10. The Balaban J connectivity index is 1.55. The number of ketones is 4. The number of fused-ring (bicyclic) bond motifs is 4. The van der Waals surface area contributed by atoms with Crippen LogP contribution < -0.4 is 0 Å². The van der Waals surface area contributed by atoms with Crippen molar-refractivity contribution in [2.45, 2.75) is 26.1 Å². The maximum Gasteiger partial charge on any atom is 0.175 e. The molecule has 6 N–H and O–H groups in total. The van der Waals surface area contributed by atoms with E-state index in [2.05, 4.69) is 0 Å². The fourth-order valence-corrected chi connectivity index (χ4v) is 9.44. The molecular weight excluding hydrogens is 520 g/mol. The lowest BCUT2D eigenvalue weighted by molar-refractivity contribution is -0.142. The van der Waals surface area contributed by atoms with Crippen LogP contribution in [0.3, 0.4) is 0 Å². The van der Waals surface area contributed by atoms with Gasteiger partial charge < -0.3 is 30.6 Å². The van der Waals surface area contributed by atoms with Gasteiger partial charge in [0, 0.05) is 23.0 Å². The molecule has 8 rings (SSSR count). The first kappa shape index (κ1) is 23.6. The second kappa shape index (κ2) is 6.54. The molecule has 0 heterocycles. The van der Waals surface area contributed by atoms with Crippen molar-refractivity contribution in [3.8, 4) is 11.5 Å². The van der Waals surface area contributed by atoms with Crippen molar-refractivity contribution in [2.75, 3.05) is 0 Å². The summed E-state index contributed by atoms with van der Waals surface area (Å²) < 4.78 is 0. The molecule has 0 aliphatic heterocycles. The minimum atomic E-state index is -2.25. The summed E-state index contributed by atoms with van der Waals surface area (Å²) in [5.74, 6) is -12.1. The van der Waals surface area contributed by atoms with Crippen LogP contribution in [0.2, 0.25) is 0 Å². The summed E-state index contributed by atoms with van der Waals surface area (Å²) in [6, 6.07) is 5.46. The molecule has 0 aromatic heterocycles. The first-order valence-corrected chi connectivity index (χ1v) is 12.9. The zero-order chi connectivity index (χ0) is 28.5. The molecule has 4 bridgehead atoms. The van der Waals surface area contributed by atoms with Gasteiger partial charge in [0.1, 0.15) is 23.0 Å². The number of carbonyl (C=O) groups is 4. The van der Waals surface area contributed by atoms with E-state index in [9.17, 15) is 49.8 Å². The Hall–Kier alpha value is -4.28. The van der Waals surface area contributed by atoms with Gasteiger partial charge in [0.25, 0.3) is 0 Å². The van der Waals surface area contributed by atoms with Gasteiger partial charge in [0.2, 0.25) is 0 Å². The van der Waals surface area contributed by atoms with E-state index in [1.54, 1.807) is 6.92 Å². The topological polar surface area (TPSA) is 190 Å². The van der Waals surface area contributed by atoms with Gasteiger partial charge in [-0.3, -0.25) is 19.2 Å². The number of allylic oxidation sites excluding steroid dienone is 2. The van der Waals surface area contributed by atoms with Crippen molar-refractivity contribution < 1.29 is 49.8 Å². The van der Waals surface area contributed by atoms with E-state index in [-0.39, 0.29) is 22.3 Å². The number of carbonyl (C=O) groups excluding carboxylic acids is 4. The minimum Gasteiger partial charge on any atom is -0.507 e. The predicted molar refractivity (Wildman–Crippen MR) is 134 cm³/mol. The molecule has 6 aliphatic carbocycles. The monoisotopic (exact) mass is 542 g/mol. The molecule has 6 aliphatic rings. The number of benzene rings is 2. The van der Waals surface area contributed by atoms with Crippen LogP contribution in [0.1, 0.15) is 43.0 Å². The molecule has 4 saturated carbocycles. The first-order chi connectivity index (χ1) is 18.9. The van der Waals surface area contributed by atoms with Crippen LogP contribution in [0.4, 0.5) is 0 Å². The zero-order valence-corrected chi connectivity index (χ0v) is 21.1. The van der Waals surface area contributed by atoms with E-state index in [4.69, 9.17) is 0 Å². The van der Waals surface area contributed by atoms with Gasteiger partial charge in [0.05, 0.1) is 57.1 Å². The van der Waals surface area contributed by atoms with Gasteiger partial charge in [-0.25, -0.2) is 0 Å². The van der Waals surface area contributed by atoms with Gasteiger partial charge in [0.15, 0.2) is 23.1 Å². The molecule has 2 aromatic carbocycles. The second-order valence-corrected chi connectivity index (χ2v) is 11.9. The number of phenolic OH excluding ortho intramolecular Hbond substituents is 2. The average molecular weight is 542 g/mol. The highest BCUT2D eigenvalue weighted by atomic mass is 16.3. The summed E-state index contributed by atoms with van der Waals surface area (Å²) in [6.07, 6.45) is -3.36. The van der Waals surface area contributed by atoms with Gasteiger partial charge in [-0.05, 0) is 37.1 Å². The van der Waals surface area contributed by atoms with E-state index in [0.29, 0.717) is 11.1 Å². The highest BCUT2D eigenvalue weighted by Gasteiger charge is 2.89. The van der Waals surface area contributed by atoms with Crippen molar-refractivity contribution in [3.63, 3.8) is 0 Å². The van der Waals surface area contributed by atoms with Crippen LogP contribution in [0.25, 0.3) is 11.5 Å². The molecule has 2 spiro atoms. The first-order valence-electron chi connectivity index (χ1n) is 12.9. The third-order valence-corrected chi connectivity index (χ3v) is 10.6. The van der Waals surface area contributed by atoms with Crippen molar-refractivity contribution in [3.05, 3.63) is 68.8 Å². The third-order valence-electron chi connectivity index (χ3n) is 10.6. The largest absolute Gasteiger partial charge is 0.507 e.